The van der Waals surface area contributed by atoms with Gasteiger partial charge in [-0.1, -0.05) is 11.6 Å². The first-order chi connectivity index (χ1) is 19.0. The van der Waals surface area contributed by atoms with Crippen LogP contribution in [0.1, 0.15) is 34.5 Å². The van der Waals surface area contributed by atoms with Gasteiger partial charge in [0.05, 0.1) is 4.90 Å². The summed E-state index contributed by atoms with van der Waals surface area (Å²) in [6, 6.07) is 10.4. The van der Waals surface area contributed by atoms with Gasteiger partial charge in [-0.05, 0) is 55.0 Å². The minimum Gasteiger partial charge on any atom is -0.477 e. The van der Waals surface area contributed by atoms with Crippen LogP contribution in [0.4, 0.5) is 20.3 Å². The van der Waals surface area contributed by atoms with Crippen molar-refractivity contribution >= 4 is 45.0 Å². The molecule has 2 aliphatic rings. The fourth-order valence-corrected chi connectivity index (χ4v) is 6.35. The molecule has 2 aromatic heterocycles. The highest BCUT2D eigenvalue weighted by Crippen LogP contribution is 2.38. The Hall–Kier alpha value is -3.68. The number of nitrogens with zero attached hydrogens (tertiary/aromatic N) is 5. The lowest BCUT2D eigenvalue weighted by molar-refractivity contribution is -0.117. The summed E-state index contributed by atoms with van der Waals surface area (Å²) in [6.45, 7) is 1.16. The third-order valence-corrected chi connectivity index (χ3v) is 9.02. The Kier molecular flexibility index (Phi) is 7.46. The monoisotopic (exact) mass is 591 g/mol. The Balaban J connectivity index is 1.29. The fraction of sp³-hybridized carbons (Fsp3) is 0.308. The van der Waals surface area contributed by atoms with Crippen molar-refractivity contribution in [3.8, 4) is 0 Å². The molecule has 0 saturated carbocycles. The summed E-state index contributed by atoms with van der Waals surface area (Å²) in [7, 11) is -3.82. The van der Waals surface area contributed by atoms with Crippen molar-refractivity contribution in [1.29, 1.82) is 0 Å². The van der Waals surface area contributed by atoms with Gasteiger partial charge in [-0.15, -0.1) is 0 Å². The Morgan fingerprint density at radius 3 is 2.25 bits per heavy atom. The van der Waals surface area contributed by atoms with Gasteiger partial charge in [-0.2, -0.15) is 13.1 Å². The lowest BCUT2D eigenvalue weighted by Gasteiger charge is -2.35. The SMILES string of the molecule is O=C(O)c1ccc(C(F)(F)c2cc(Cl)nc(N3CCN(S(=O)(=O)c4ccc(N5CCCC5=O)cc4)CC3)c2)cn1. The highest BCUT2D eigenvalue weighted by atomic mass is 35.5. The molecular formula is C26H24ClF2N5O5S. The first kappa shape index (κ1) is 27.9. The van der Waals surface area contributed by atoms with Gasteiger partial charge in [0.1, 0.15) is 16.7 Å². The van der Waals surface area contributed by atoms with Gasteiger partial charge < -0.3 is 14.9 Å². The van der Waals surface area contributed by atoms with Gasteiger partial charge in [0.25, 0.3) is 5.92 Å². The number of carboxylic acid groups (broad SMARTS) is 1. The number of benzene rings is 1. The normalized spacial score (nSPS) is 16.9. The number of piperazine rings is 1. The summed E-state index contributed by atoms with van der Waals surface area (Å²) in [4.78, 5) is 34.1. The quantitative estimate of drug-likeness (QED) is 0.413. The van der Waals surface area contributed by atoms with Crippen LogP contribution in [0, 0.1) is 0 Å². The summed E-state index contributed by atoms with van der Waals surface area (Å²) >= 11 is 6.08. The Morgan fingerprint density at radius 1 is 0.975 bits per heavy atom. The summed E-state index contributed by atoms with van der Waals surface area (Å²) in [5.41, 5.74) is -0.682. The molecule has 14 heteroatoms. The van der Waals surface area contributed by atoms with Crippen molar-refractivity contribution in [1.82, 2.24) is 14.3 Å². The molecule has 2 aliphatic heterocycles. The van der Waals surface area contributed by atoms with Crippen LogP contribution in [-0.2, 0) is 20.7 Å². The molecule has 1 aromatic carbocycles. The smallest absolute Gasteiger partial charge is 0.354 e. The largest absolute Gasteiger partial charge is 0.477 e. The number of alkyl halides is 2. The lowest BCUT2D eigenvalue weighted by atomic mass is 10.0. The number of pyridine rings is 2. The zero-order valence-corrected chi connectivity index (χ0v) is 22.6. The van der Waals surface area contributed by atoms with E-state index in [4.69, 9.17) is 16.7 Å². The number of carbonyl (C=O) groups excluding carboxylic acids is 1. The second-order valence-corrected chi connectivity index (χ2v) is 11.7. The maximum atomic E-state index is 15.3. The molecule has 0 atom stereocenters. The van der Waals surface area contributed by atoms with E-state index in [2.05, 4.69) is 9.97 Å². The Morgan fingerprint density at radius 2 is 1.68 bits per heavy atom. The summed E-state index contributed by atoms with van der Waals surface area (Å²) in [5.74, 6) is -4.70. The highest BCUT2D eigenvalue weighted by Gasteiger charge is 2.37. The van der Waals surface area contributed by atoms with Crippen LogP contribution in [0.3, 0.4) is 0 Å². The Labute approximate surface area is 233 Å². The van der Waals surface area contributed by atoms with Crippen LogP contribution in [0.5, 0.6) is 0 Å². The average molecular weight is 592 g/mol. The van der Waals surface area contributed by atoms with E-state index in [1.54, 1.807) is 21.9 Å². The molecule has 0 radical (unpaired) electrons. The molecule has 2 fully saturated rings. The standard InChI is InChI=1S/C26H24ClF2N5O5S/c27-22-14-18(26(28,29)17-3-8-21(25(36)37)30-16-17)15-23(31-22)32-10-12-33(13-11-32)40(38,39)20-6-4-19(5-7-20)34-9-1-2-24(34)35/h3-8,14-16H,1-2,9-13H2,(H,36,37). The van der Waals surface area contributed by atoms with Crippen LogP contribution in [0.2, 0.25) is 5.15 Å². The molecule has 4 heterocycles. The number of carbonyl (C=O) groups is 2. The zero-order valence-electron chi connectivity index (χ0n) is 21.0. The van der Waals surface area contributed by atoms with E-state index in [1.165, 1.54) is 22.5 Å². The van der Waals surface area contributed by atoms with Crippen LogP contribution in [0.15, 0.2) is 59.6 Å². The number of rotatable bonds is 7. The van der Waals surface area contributed by atoms with Crippen molar-refractivity contribution in [2.45, 2.75) is 23.7 Å². The molecule has 2 saturated heterocycles. The predicted molar refractivity (Wildman–Crippen MR) is 142 cm³/mol. The fourth-order valence-electron chi connectivity index (χ4n) is 4.72. The maximum absolute atomic E-state index is 15.3. The lowest BCUT2D eigenvalue weighted by Crippen LogP contribution is -2.49. The van der Waals surface area contributed by atoms with Gasteiger partial charge >= 0.3 is 5.97 Å². The highest BCUT2D eigenvalue weighted by molar-refractivity contribution is 7.89. The number of hydrogen-bond acceptors (Lipinski definition) is 7. The van der Waals surface area contributed by atoms with Crippen molar-refractivity contribution < 1.29 is 31.9 Å². The van der Waals surface area contributed by atoms with Gasteiger partial charge in [0.2, 0.25) is 15.9 Å². The van der Waals surface area contributed by atoms with Gasteiger partial charge in [-0.3, -0.25) is 4.79 Å². The minimum absolute atomic E-state index is 0.00929. The van der Waals surface area contributed by atoms with Crippen molar-refractivity contribution in [2.75, 3.05) is 42.5 Å². The molecule has 210 valence electrons. The number of hydrogen-bond donors (Lipinski definition) is 1. The number of amides is 1. The average Bonchev–Trinajstić information content (AvgIpc) is 3.38. The molecule has 0 spiro atoms. The molecule has 3 aromatic rings. The Bertz CT molecular complexity index is 1550. The van der Waals surface area contributed by atoms with E-state index in [0.717, 1.165) is 30.8 Å². The minimum atomic E-state index is -3.82. The number of halogens is 3. The summed E-state index contributed by atoms with van der Waals surface area (Å²) < 4.78 is 58.4. The van der Waals surface area contributed by atoms with Crippen molar-refractivity contribution in [3.63, 3.8) is 0 Å². The van der Waals surface area contributed by atoms with Crippen LogP contribution < -0.4 is 9.80 Å². The molecular weight excluding hydrogens is 568 g/mol. The maximum Gasteiger partial charge on any atom is 0.354 e. The second-order valence-electron chi connectivity index (χ2n) is 9.38. The van der Waals surface area contributed by atoms with E-state index in [0.29, 0.717) is 18.7 Å². The molecule has 0 bridgehead atoms. The zero-order chi connectivity index (χ0) is 28.7. The summed E-state index contributed by atoms with van der Waals surface area (Å²) in [5, 5.41) is 8.80. The van der Waals surface area contributed by atoms with Gasteiger partial charge in [-0.25, -0.2) is 23.2 Å². The van der Waals surface area contributed by atoms with Gasteiger partial charge in [0.15, 0.2) is 0 Å². The molecule has 1 N–H and O–H groups in total. The van der Waals surface area contributed by atoms with Crippen LogP contribution >= 0.6 is 11.6 Å². The number of aromatic carboxylic acids is 1. The number of carboxylic acids is 1. The molecule has 10 nitrogen and oxygen atoms in total. The molecule has 40 heavy (non-hydrogen) atoms. The van der Waals surface area contributed by atoms with E-state index >= 15 is 8.78 Å². The number of anilines is 2. The molecule has 5 rings (SSSR count). The first-order valence-electron chi connectivity index (χ1n) is 12.4. The molecule has 1 amide bonds. The third kappa shape index (κ3) is 5.36. The topological polar surface area (TPSA) is 124 Å². The van der Waals surface area contributed by atoms with Crippen molar-refractivity contribution in [3.05, 3.63) is 76.7 Å². The van der Waals surface area contributed by atoms with Crippen LogP contribution in [0.25, 0.3) is 0 Å². The van der Waals surface area contributed by atoms with Crippen LogP contribution in [-0.4, -0.2) is 72.4 Å². The van der Waals surface area contributed by atoms with E-state index in [1.807, 2.05) is 0 Å². The predicted octanol–water partition coefficient (Wildman–Crippen LogP) is 3.61. The second kappa shape index (κ2) is 10.7. The van der Waals surface area contributed by atoms with E-state index in [9.17, 15) is 18.0 Å². The van der Waals surface area contributed by atoms with E-state index < -0.39 is 33.0 Å². The van der Waals surface area contributed by atoms with E-state index in [-0.39, 0.29) is 53.6 Å². The van der Waals surface area contributed by atoms with Crippen molar-refractivity contribution in [2.24, 2.45) is 0 Å². The molecule has 0 unspecified atom stereocenters. The molecule has 0 aliphatic carbocycles. The first-order valence-corrected chi connectivity index (χ1v) is 14.2. The number of sulfonamides is 1. The van der Waals surface area contributed by atoms with Gasteiger partial charge in [0, 0.05) is 62.2 Å². The number of aromatic nitrogens is 2. The third-order valence-electron chi connectivity index (χ3n) is 6.91. The summed E-state index contributed by atoms with van der Waals surface area (Å²) in [6.07, 6.45) is 2.04.